The van der Waals surface area contributed by atoms with Crippen molar-refractivity contribution in [1.29, 1.82) is 0 Å². The van der Waals surface area contributed by atoms with Gasteiger partial charge in [-0.1, -0.05) is 0 Å². The minimum atomic E-state index is -4.37. The fourth-order valence-electron chi connectivity index (χ4n) is 2.81. The number of carbonyl (C=O) groups is 1. The summed E-state index contributed by atoms with van der Waals surface area (Å²) in [5.74, 6) is -1.11. The molecule has 1 saturated heterocycles. The van der Waals surface area contributed by atoms with E-state index in [0.29, 0.717) is 6.42 Å². The van der Waals surface area contributed by atoms with Crippen LogP contribution in [-0.4, -0.2) is 54.5 Å². The molecule has 10 nitrogen and oxygen atoms in total. The summed E-state index contributed by atoms with van der Waals surface area (Å²) in [4.78, 5) is 21.1. The Morgan fingerprint density at radius 3 is 2.50 bits per heavy atom. The SMILES string of the molecule is O=C(O)[C@@H]1CCCN1S(=O)(=O)c1cc2c(cc1[N+](=O)[O-])OCCO2. The zero-order valence-electron chi connectivity index (χ0n) is 12.4. The highest BCUT2D eigenvalue weighted by molar-refractivity contribution is 7.89. The van der Waals surface area contributed by atoms with Crippen LogP contribution in [-0.2, 0) is 14.8 Å². The van der Waals surface area contributed by atoms with Crippen LogP contribution in [0.1, 0.15) is 12.8 Å². The Morgan fingerprint density at radius 1 is 1.29 bits per heavy atom. The summed E-state index contributed by atoms with van der Waals surface area (Å²) >= 11 is 0. The standard InChI is InChI=1S/C13H14N2O8S/c16-13(17)8-2-1-3-14(8)24(20,21)12-7-11-10(22-4-5-23-11)6-9(12)15(18)19/h6-8H,1-5H2,(H,16,17)/t8-/m0/s1. The van der Waals surface area contributed by atoms with Crippen molar-refractivity contribution in [2.45, 2.75) is 23.8 Å². The first-order valence-electron chi connectivity index (χ1n) is 7.15. The molecular weight excluding hydrogens is 344 g/mol. The third-order valence-corrected chi connectivity index (χ3v) is 5.83. The van der Waals surface area contributed by atoms with E-state index in [2.05, 4.69) is 0 Å². The lowest BCUT2D eigenvalue weighted by molar-refractivity contribution is -0.388. The number of carboxylic acids is 1. The quantitative estimate of drug-likeness (QED) is 0.610. The molecule has 0 saturated carbocycles. The highest BCUT2D eigenvalue weighted by Crippen LogP contribution is 2.40. The minimum absolute atomic E-state index is 0.00903. The monoisotopic (exact) mass is 358 g/mol. The van der Waals surface area contributed by atoms with Crippen LogP contribution in [0, 0.1) is 10.1 Å². The van der Waals surface area contributed by atoms with Crippen molar-refractivity contribution in [3.63, 3.8) is 0 Å². The lowest BCUT2D eigenvalue weighted by Crippen LogP contribution is -2.40. The van der Waals surface area contributed by atoms with E-state index >= 15 is 0 Å². The molecule has 0 unspecified atom stereocenters. The number of benzene rings is 1. The van der Waals surface area contributed by atoms with Crippen molar-refractivity contribution >= 4 is 21.7 Å². The molecule has 130 valence electrons. The first-order chi connectivity index (χ1) is 11.3. The molecule has 1 aromatic carbocycles. The second kappa shape index (κ2) is 5.91. The summed E-state index contributed by atoms with van der Waals surface area (Å²) in [6.45, 7) is 0.375. The van der Waals surface area contributed by atoms with Crippen LogP contribution in [0.3, 0.4) is 0 Å². The van der Waals surface area contributed by atoms with Crippen LogP contribution in [0.15, 0.2) is 17.0 Å². The Kier molecular flexibility index (Phi) is 4.05. The van der Waals surface area contributed by atoms with Gasteiger partial charge in [-0.3, -0.25) is 14.9 Å². The van der Waals surface area contributed by atoms with Crippen molar-refractivity contribution in [3.8, 4) is 11.5 Å². The van der Waals surface area contributed by atoms with Crippen molar-refractivity contribution in [1.82, 2.24) is 4.31 Å². The molecule has 1 fully saturated rings. The van der Waals surface area contributed by atoms with E-state index < -0.39 is 37.5 Å². The van der Waals surface area contributed by atoms with Gasteiger partial charge < -0.3 is 14.6 Å². The molecule has 0 amide bonds. The number of fused-ring (bicyclic) bond motifs is 1. The molecule has 0 aliphatic carbocycles. The van der Waals surface area contributed by atoms with Gasteiger partial charge in [0.05, 0.1) is 11.0 Å². The molecule has 1 N–H and O–H groups in total. The lowest BCUT2D eigenvalue weighted by atomic mass is 10.2. The van der Waals surface area contributed by atoms with Gasteiger partial charge in [-0.15, -0.1) is 0 Å². The zero-order chi connectivity index (χ0) is 17.5. The molecule has 0 spiro atoms. The van der Waals surface area contributed by atoms with Crippen molar-refractivity contribution < 1.29 is 32.7 Å². The fraction of sp³-hybridized carbons (Fsp3) is 0.462. The summed E-state index contributed by atoms with van der Waals surface area (Å²) in [5.41, 5.74) is -0.671. The normalized spacial score (nSPS) is 20.8. The van der Waals surface area contributed by atoms with E-state index in [0.717, 1.165) is 16.4 Å². The van der Waals surface area contributed by atoms with Crippen LogP contribution in [0.4, 0.5) is 5.69 Å². The lowest BCUT2D eigenvalue weighted by Gasteiger charge is -2.23. The third-order valence-electron chi connectivity index (χ3n) is 3.90. The number of nitro groups is 1. The summed E-state index contributed by atoms with van der Waals surface area (Å²) in [6, 6.07) is 0.787. The molecule has 1 atom stereocenters. The van der Waals surface area contributed by atoms with Gasteiger partial charge in [0, 0.05) is 12.6 Å². The van der Waals surface area contributed by atoms with E-state index in [9.17, 15) is 28.4 Å². The summed E-state index contributed by atoms with van der Waals surface area (Å²) in [5, 5.41) is 20.5. The van der Waals surface area contributed by atoms with Gasteiger partial charge in [-0.05, 0) is 12.8 Å². The molecule has 11 heteroatoms. The summed E-state index contributed by atoms with van der Waals surface area (Å²) in [6.07, 6.45) is 0.529. The van der Waals surface area contributed by atoms with Crippen molar-refractivity contribution in [2.24, 2.45) is 0 Å². The van der Waals surface area contributed by atoms with Gasteiger partial charge in [-0.25, -0.2) is 8.42 Å². The molecule has 2 aliphatic heterocycles. The Balaban J connectivity index is 2.13. The number of nitro benzene ring substituents is 1. The average molecular weight is 358 g/mol. The highest BCUT2D eigenvalue weighted by atomic mass is 32.2. The van der Waals surface area contributed by atoms with Crippen LogP contribution in [0.2, 0.25) is 0 Å². The third kappa shape index (κ3) is 2.65. The van der Waals surface area contributed by atoms with Gasteiger partial charge in [0.15, 0.2) is 16.4 Å². The summed E-state index contributed by atoms with van der Waals surface area (Å²) in [7, 11) is -4.37. The molecule has 1 aromatic rings. The van der Waals surface area contributed by atoms with Crippen LogP contribution in [0.5, 0.6) is 11.5 Å². The van der Waals surface area contributed by atoms with Crippen LogP contribution < -0.4 is 9.47 Å². The number of aliphatic carboxylic acids is 1. The molecule has 24 heavy (non-hydrogen) atoms. The number of nitrogens with zero attached hydrogens (tertiary/aromatic N) is 2. The van der Waals surface area contributed by atoms with E-state index in [1.165, 1.54) is 0 Å². The largest absolute Gasteiger partial charge is 0.486 e. The van der Waals surface area contributed by atoms with Crippen LogP contribution >= 0.6 is 0 Å². The topological polar surface area (TPSA) is 136 Å². The molecule has 3 rings (SSSR count). The number of ether oxygens (including phenoxy) is 2. The predicted molar refractivity (Wildman–Crippen MR) is 78.6 cm³/mol. The number of sulfonamides is 1. The molecule has 0 aromatic heterocycles. The summed E-state index contributed by atoms with van der Waals surface area (Å²) < 4.78 is 36.9. The van der Waals surface area contributed by atoms with Crippen molar-refractivity contribution in [2.75, 3.05) is 19.8 Å². The Hall–Kier alpha value is -2.40. The van der Waals surface area contributed by atoms with Crippen LogP contribution in [0.25, 0.3) is 0 Å². The predicted octanol–water partition coefficient (Wildman–Crippen LogP) is 0.604. The Labute approximate surface area is 136 Å². The van der Waals surface area contributed by atoms with E-state index in [1.807, 2.05) is 0 Å². The highest BCUT2D eigenvalue weighted by Gasteiger charge is 2.43. The van der Waals surface area contributed by atoms with Gasteiger partial charge in [0.2, 0.25) is 0 Å². The van der Waals surface area contributed by atoms with E-state index in [-0.39, 0.29) is 37.7 Å². The number of carboxylic acid groups (broad SMARTS) is 1. The molecule has 2 aliphatic rings. The van der Waals surface area contributed by atoms with Gasteiger partial charge in [0.1, 0.15) is 19.3 Å². The first kappa shape index (κ1) is 16.5. The first-order valence-corrected chi connectivity index (χ1v) is 8.59. The second-order valence-corrected chi connectivity index (χ2v) is 7.19. The molecule has 2 heterocycles. The van der Waals surface area contributed by atoms with Gasteiger partial charge in [-0.2, -0.15) is 4.31 Å². The molecule has 0 radical (unpaired) electrons. The van der Waals surface area contributed by atoms with Gasteiger partial charge in [0.25, 0.3) is 15.7 Å². The number of hydrogen-bond donors (Lipinski definition) is 1. The maximum atomic E-state index is 12.8. The molecular formula is C13H14N2O8S. The number of hydrogen-bond acceptors (Lipinski definition) is 7. The smallest absolute Gasteiger partial charge is 0.322 e. The maximum absolute atomic E-state index is 12.8. The van der Waals surface area contributed by atoms with E-state index in [4.69, 9.17) is 9.47 Å². The zero-order valence-corrected chi connectivity index (χ0v) is 13.2. The minimum Gasteiger partial charge on any atom is -0.486 e. The second-order valence-electron chi connectivity index (χ2n) is 5.33. The van der Waals surface area contributed by atoms with Gasteiger partial charge >= 0.3 is 5.97 Å². The van der Waals surface area contributed by atoms with E-state index in [1.54, 1.807) is 0 Å². The maximum Gasteiger partial charge on any atom is 0.322 e. The fourth-order valence-corrected chi connectivity index (χ4v) is 4.62. The number of rotatable bonds is 4. The average Bonchev–Trinajstić information content (AvgIpc) is 3.04. The Morgan fingerprint density at radius 2 is 1.92 bits per heavy atom. The molecule has 0 bridgehead atoms. The van der Waals surface area contributed by atoms with Crippen molar-refractivity contribution in [3.05, 3.63) is 22.2 Å². The Bertz CT molecular complexity index is 806.